The number of nitro benzene ring substituents is 2. The summed E-state index contributed by atoms with van der Waals surface area (Å²) in [6.07, 6.45) is 1.72. The first-order chi connectivity index (χ1) is 9.85. The molecule has 0 N–H and O–H groups in total. The molecule has 110 valence electrons. The lowest BCUT2D eigenvalue weighted by molar-refractivity contribution is -0.392. The van der Waals surface area contributed by atoms with Crippen molar-refractivity contribution in [2.45, 2.75) is 13.3 Å². The number of benzene rings is 1. The van der Waals surface area contributed by atoms with Crippen LogP contribution in [0.15, 0.2) is 24.8 Å². The first-order valence-electron chi connectivity index (χ1n) is 6.21. The van der Waals surface area contributed by atoms with E-state index in [1.165, 1.54) is 19.1 Å². The number of anilines is 1. The first-order valence-corrected chi connectivity index (χ1v) is 6.21. The van der Waals surface area contributed by atoms with Crippen molar-refractivity contribution in [2.75, 3.05) is 11.4 Å². The molecule has 1 amide bonds. The van der Waals surface area contributed by atoms with Gasteiger partial charge in [-0.3, -0.25) is 25.0 Å². The molecule has 0 radical (unpaired) electrons. The molecule has 21 heavy (non-hydrogen) atoms. The van der Waals surface area contributed by atoms with Crippen LogP contribution < -0.4 is 4.90 Å². The third-order valence-corrected chi connectivity index (χ3v) is 3.37. The predicted octanol–water partition coefficient (Wildman–Crippen LogP) is 2.35. The molecule has 1 aromatic carbocycles. The number of hydrogen-bond acceptors (Lipinski definition) is 5. The van der Waals surface area contributed by atoms with Crippen molar-refractivity contribution in [1.29, 1.82) is 0 Å². The van der Waals surface area contributed by atoms with Gasteiger partial charge in [-0.25, -0.2) is 0 Å². The Kier molecular flexibility index (Phi) is 3.70. The van der Waals surface area contributed by atoms with Gasteiger partial charge in [0.25, 0.3) is 11.4 Å². The summed E-state index contributed by atoms with van der Waals surface area (Å²) in [5, 5.41) is 22.4. The average molecular weight is 291 g/mol. The Morgan fingerprint density at radius 2 is 1.81 bits per heavy atom. The number of nitro groups is 2. The summed E-state index contributed by atoms with van der Waals surface area (Å²) in [6, 6.07) is 2.47. The maximum atomic E-state index is 12.0. The molecule has 1 heterocycles. The van der Waals surface area contributed by atoms with E-state index >= 15 is 0 Å². The summed E-state index contributed by atoms with van der Waals surface area (Å²) < 4.78 is 0. The standard InChI is InChI=1S/C13H13N3O5/c1-3-9-6-12(17)14(7-9)13-10(15(18)19)4-8(2)5-11(13)16(20)21/h3-5,9H,1,6-7H2,2H3. The third kappa shape index (κ3) is 2.60. The van der Waals surface area contributed by atoms with Crippen LogP contribution in [0.25, 0.3) is 0 Å². The van der Waals surface area contributed by atoms with E-state index in [9.17, 15) is 25.0 Å². The number of carbonyl (C=O) groups excluding carboxylic acids is 1. The lowest BCUT2D eigenvalue weighted by atomic mass is 10.1. The molecule has 8 heteroatoms. The van der Waals surface area contributed by atoms with Crippen LogP contribution in [0.3, 0.4) is 0 Å². The SMILES string of the molecule is C=CC1CC(=O)N(c2c([N+](=O)[O-])cc(C)cc2[N+](=O)[O-])C1. The molecule has 0 aromatic heterocycles. The zero-order valence-corrected chi connectivity index (χ0v) is 11.3. The number of nitrogens with zero attached hydrogens (tertiary/aromatic N) is 3. The van der Waals surface area contributed by atoms with Crippen molar-refractivity contribution in [3.8, 4) is 0 Å². The monoisotopic (exact) mass is 291 g/mol. The molecule has 1 atom stereocenters. The minimum Gasteiger partial charge on any atom is -0.300 e. The predicted molar refractivity (Wildman–Crippen MR) is 75.1 cm³/mol. The van der Waals surface area contributed by atoms with Crippen LogP contribution in [0.5, 0.6) is 0 Å². The smallest absolute Gasteiger partial charge is 0.300 e. The fraction of sp³-hybridized carbons (Fsp3) is 0.308. The van der Waals surface area contributed by atoms with Crippen molar-refractivity contribution in [2.24, 2.45) is 5.92 Å². The van der Waals surface area contributed by atoms with Gasteiger partial charge in [0, 0.05) is 31.0 Å². The molecule has 1 aromatic rings. The molecule has 1 aliphatic rings. The van der Waals surface area contributed by atoms with Gasteiger partial charge in [0.1, 0.15) is 0 Å². The summed E-state index contributed by atoms with van der Waals surface area (Å²) in [5.74, 6) is -0.548. The van der Waals surface area contributed by atoms with E-state index in [-0.39, 0.29) is 30.5 Å². The van der Waals surface area contributed by atoms with Crippen LogP contribution in [-0.2, 0) is 4.79 Å². The van der Waals surface area contributed by atoms with E-state index < -0.39 is 21.2 Å². The van der Waals surface area contributed by atoms with E-state index in [0.29, 0.717) is 5.56 Å². The molecular formula is C13H13N3O5. The molecule has 8 nitrogen and oxygen atoms in total. The van der Waals surface area contributed by atoms with E-state index in [0.717, 1.165) is 4.90 Å². The molecular weight excluding hydrogens is 278 g/mol. The highest BCUT2D eigenvalue weighted by molar-refractivity contribution is 6.00. The Labute approximate surface area is 120 Å². The van der Waals surface area contributed by atoms with E-state index in [1.54, 1.807) is 6.08 Å². The Balaban J connectivity index is 2.65. The largest absolute Gasteiger partial charge is 0.300 e. The quantitative estimate of drug-likeness (QED) is 0.480. The van der Waals surface area contributed by atoms with E-state index in [1.807, 2.05) is 0 Å². The van der Waals surface area contributed by atoms with Crippen molar-refractivity contribution in [1.82, 2.24) is 0 Å². The second-order valence-corrected chi connectivity index (χ2v) is 4.87. The van der Waals surface area contributed by atoms with Gasteiger partial charge in [-0.2, -0.15) is 0 Å². The number of hydrogen-bond donors (Lipinski definition) is 0. The summed E-state index contributed by atoms with van der Waals surface area (Å²) in [5.41, 5.74) is -0.714. The molecule has 2 rings (SSSR count). The van der Waals surface area contributed by atoms with Crippen molar-refractivity contribution >= 4 is 23.0 Å². The zero-order chi connectivity index (χ0) is 15.7. The van der Waals surface area contributed by atoms with Gasteiger partial charge in [0.15, 0.2) is 0 Å². The zero-order valence-electron chi connectivity index (χ0n) is 11.3. The molecule has 1 fully saturated rings. The van der Waals surface area contributed by atoms with Crippen LogP contribution >= 0.6 is 0 Å². The van der Waals surface area contributed by atoms with Crippen LogP contribution in [0.2, 0.25) is 0 Å². The highest BCUT2D eigenvalue weighted by Crippen LogP contribution is 2.41. The highest BCUT2D eigenvalue weighted by atomic mass is 16.6. The van der Waals surface area contributed by atoms with Gasteiger partial charge < -0.3 is 4.90 Å². The van der Waals surface area contributed by atoms with Gasteiger partial charge in [0.05, 0.1) is 9.85 Å². The Hall–Kier alpha value is -2.77. The molecule has 0 bridgehead atoms. The van der Waals surface area contributed by atoms with Crippen LogP contribution in [0.4, 0.5) is 17.1 Å². The number of amides is 1. The third-order valence-electron chi connectivity index (χ3n) is 3.37. The molecule has 0 spiro atoms. The Bertz CT molecular complexity index is 620. The summed E-state index contributed by atoms with van der Waals surface area (Å²) in [7, 11) is 0. The maximum absolute atomic E-state index is 12.0. The normalized spacial score (nSPS) is 17.9. The Morgan fingerprint density at radius 3 is 2.19 bits per heavy atom. The minimum absolute atomic E-state index is 0.145. The average Bonchev–Trinajstić information content (AvgIpc) is 2.78. The van der Waals surface area contributed by atoms with Gasteiger partial charge in [-0.05, 0) is 12.5 Å². The summed E-state index contributed by atoms with van der Waals surface area (Å²) in [4.78, 5) is 34.1. The molecule has 1 unspecified atom stereocenters. The van der Waals surface area contributed by atoms with Crippen molar-refractivity contribution < 1.29 is 14.6 Å². The first kappa shape index (κ1) is 14.6. The lowest BCUT2D eigenvalue weighted by Gasteiger charge is -2.16. The second kappa shape index (κ2) is 5.31. The summed E-state index contributed by atoms with van der Waals surface area (Å²) >= 11 is 0. The second-order valence-electron chi connectivity index (χ2n) is 4.87. The van der Waals surface area contributed by atoms with Gasteiger partial charge in [-0.1, -0.05) is 6.08 Å². The van der Waals surface area contributed by atoms with Crippen LogP contribution in [-0.4, -0.2) is 22.3 Å². The fourth-order valence-corrected chi connectivity index (χ4v) is 2.41. The Morgan fingerprint density at radius 1 is 1.29 bits per heavy atom. The number of aryl methyl sites for hydroxylation is 1. The molecule has 0 aliphatic carbocycles. The van der Waals surface area contributed by atoms with Crippen LogP contribution in [0.1, 0.15) is 12.0 Å². The summed E-state index contributed by atoms with van der Waals surface area (Å²) in [6.45, 7) is 5.28. The van der Waals surface area contributed by atoms with E-state index in [2.05, 4.69) is 6.58 Å². The van der Waals surface area contributed by atoms with Crippen LogP contribution in [0, 0.1) is 33.1 Å². The highest BCUT2D eigenvalue weighted by Gasteiger charge is 2.38. The number of carbonyl (C=O) groups is 1. The van der Waals surface area contributed by atoms with Gasteiger partial charge in [-0.15, -0.1) is 6.58 Å². The minimum atomic E-state index is -0.705. The maximum Gasteiger partial charge on any atom is 0.300 e. The molecule has 1 saturated heterocycles. The van der Waals surface area contributed by atoms with Crippen molar-refractivity contribution in [3.63, 3.8) is 0 Å². The molecule has 1 aliphatic heterocycles. The van der Waals surface area contributed by atoms with E-state index in [4.69, 9.17) is 0 Å². The van der Waals surface area contributed by atoms with Gasteiger partial charge in [0.2, 0.25) is 11.6 Å². The van der Waals surface area contributed by atoms with Crippen molar-refractivity contribution in [3.05, 3.63) is 50.6 Å². The topological polar surface area (TPSA) is 107 Å². The lowest BCUT2D eigenvalue weighted by Crippen LogP contribution is -2.26. The fourth-order valence-electron chi connectivity index (χ4n) is 2.41. The van der Waals surface area contributed by atoms with Gasteiger partial charge >= 0.3 is 0 Å². The molecule has 0 saturated carbocycles. The number of rotatable bonds is 4.